The van der Waals surface area contributed by atoms with Gasteiger partial charge in [0.05, 0.1) is 11.1 Å². The van der Waals surface area contributed by atoms with E-state index < -0.39 is 5.60 Å². The van der Waals surface area contributed by atoms with Crippen LogP contribution in [0.2, 0.25) is 0 Å². The molecule has 1 aliphatic rings. The fourth-order valence-corrected chi connectivity index (χ4v) is 3.29. The smallest absolute Gasteiger partial charge is 0.338 e. The lowest BCUT2D eigenvalue weighted by Gasteiger charge is -2.21. The molecule has 2 aromatic rings. The summed E-state index contributed by atoms with van der Waals surface area (Å²) < 4.78 is 5.38. The highest BCUT2D eigenvalue weighted by molar-refractivity contribution is 5.90. The van der Waals surface area contributed by atoms with E-state index in [9.17, 15) is 9.59 Å². The first-order valence-corrected chi connectivity index (χ1v) is 8.87. The number of carbonyl (C=O) groups excluding carboxylic acids is 1. The van der Waals surface area contributed by atoms with E-state index in [0.717, 1.165) is 18.7 Å². The minimum absolute atomic E-state index is 0.0209. The van der Waals surface area contributed by atoms with Gasteiger partial charge in [0, 0.05) is 24.7 Å². The van der Waals surface area contributed by atoms with Crippen molar-refractivity contribution in [3.8, 4) is 0 Å². The van der Waals surface area contributed by atoms with E-state index in [0.29, 0.717) is 17.7 Å². The fourth-order valence-electron chi connectivity index (χ4n) is 3.29. The molecular weight excluding hydrogens is 346 g/mol. The summed E-state index contributed by atoms with van der Waals surface area (Å²) in [6.45, 7) is 6.93. The molecule has 0 radical (unpaired) electrons. The van der Waals surface area contributed by atoms with Crippen LogP contribution in [-0.2, 0) is 4.74 Å². The maximum atomic E-state index is 12.2. The van der Waals surface area contributed by atoms with Crippen LogP contribution in [0.1, 0.15) is 49.0 Å². The van der Waals surface area contributed by atoms with Gasteiger partial charge >= 0.3 is 5.97 Å². The molecule has 0 amide bonds. The third-order valence-corrected chi connectivity index (χ3v) is 4.47. The van der Waals surface area contributed by atoms with E-state index in [4.69, 9.17) is 16.2 Å². The van der Waals surface area contributed by atoms with Crippen LogP contribution in [-0.4, -0.2) is 34.6 Å². The molecular formula is C19H25N5O3. The number of rotatable bonds is 3. The van der Waals surface area contributed by atoms with E-state index in [-0.39, 0.29) is 29.2 Å². The molecule has 144 valence electrons. The highest BCUT2D eigenvalue weighted by Gasteiger charge is 2.28. The number of nitrogens with one attached hydrogen (secondary N) is 1. The Morgan fingerprint density at radius 2 is 1.93 bits per heavy atom. The first-order valence-electron chi connectivity index (χ1n) is 8.87. The molecule has 1 aromatic heterocycles. The monoisotopic (exact) mass is 371 g/mol. The Morgan fingerprint density at radius 3 is 2.52 bits per heavy atom. The third-order valence-electron chi connectivity index (χ3n) is 4.47. The molecule has 5 N–H and O–H groups in total. The fraction of sp³-hybridized carbons (Fsp3) is 0.421. The lowest BCUT2D eigenvalue weighted by atomic mass is 10.0. The summed E-state index contributed by atoms with van der Waals surface area (Å²) in [7, 11) is 0. The van der Waals surface area contributed by atoms with Gasteiger partial charge in [-0.1, -0.05) is 0 Å². The number of aromatic nitrogens is 2. The number of benzene rings is 1. The van der Waals surface area contributed by atoms with Gasteiger partial charge in [-0.05, 0) is 51.5 Å². The van der Waals surface area contributed by atoms with Crippen molar-refractivity contribution in [2.75, 3.05) is 29.5 Å². The number of esters is 1. The van der Waals surface area contributed by atoms with Crippen LogP contribution in [0, 0.1) is 0 Å². The first kappa shape index (κ1) is 18.8. The molecule has 8 heteroatoms. The Bertz CT molecular complexity index is 899. The van der Waals surface area contributed by atoms with Gasteiger partial charge in [-0.2, -0.15) is 4.98 Å². The van der Waals surface area contributed by atoms with Gasteiger partial charge in [0.25, 0.3) is 5.56 Å². The zero-order chi connectivity index (χ0) is 19.8. The van der Waals surface area contributed by atoms with Crippen molar-refractivity contribution in [3.05, 3.63) is 45.7 Å². The minimum atomic E-state index is -0.530. The standard InChI is InChI=1S/C19H25N5O3/c1-19(2,3)27-17(26)11-4-6-13(7-5-11)24-9-8-12(10-24)14-15(20)22-18(21)23-16(14)25/h4-7,12H,8-10H2,1-3H3,(H5,20,21,22,23,25). The average molecular weight is 371 g/mol. The highest BCUT2D eigenvalue weighted by Crippen LogP contribution is 2.31. The SMILES string of the molecule is CC(C)(C)OC(=O)c1ccc(N2CCC(c3c(N)nc(N)[nH]c3=O)C2)cc1. The second-order valence-electron chi connectivity index (χ2n) is 7.73. The van der Waals surface area contributed by atoms with Gasteiger partial charge in [0.15, 0.2) is 0 Å². The second-order valence-corrected chi connectivity index (χ2v) is 7.73. The number of hydrogen-bond acceptors (Lipinski definition) is 7. The number of H-pyrrole nitrogens is 1. The van der Waals surface area contributed by atoms with Crippen LogP contribution in [0.5, 0.6) is 0 Å². The normalized spacial score (nSPS) is 17.1. The van der Waals surface area contributed by atoms with Gasteiger partial charge in [-0.15, -0.1) is 0 Å². The number of nitrogen functional groups attached to an aromatic ring is 2. The molecule has 1 aromatic carbocycles. The van der Waals surface area contributed by atoms with Gasteiger partial charge < -0.3 is 21.1 Å². The number of nitrogens with two attached hydrogens (primary N) is 2. The largest absolute Gasteiger partial charge is 0.456 e. The minimum Gasteiger partial charge on any atom is -0.456 e. The molecule has 1 fully saturated rings. The maximum absolute atomic E-state index is 12.2. The average Bonchev–Trinajstić information content (AvgIpc) is 3.02. The molecule has 2 heterocycles. The first-order chi connectivity index (χ1) is 12.6. The van der Waals surface area contributed by atoms with Crippen LogP contribution in [0.4, 0.5) is 17.5 Å². The van der Waals surface area contributed by atoms with Crippen molar-refractivity contribution in [1.29, 1.82) is 0 Å². The summed E-state index contributed by atoms with van der Waals surface area (Å²) in [4.78, 5) is 33.0. The summed E-state index contributed by atoms with van der Waals surface area (Å²) in [5.41, 5.74) is 12.6. The lowest BCUT2D eigenvalue weighted by Crippen LogP contribution is -2.25. The van der Waals surface area contributed by atoms with Crippen molar-refractivity contribution < 1.29 is 9.53 Å². The zero-order valence-electron chi connectivity index (χ0n) is 15.8. The van der Waals surface area contributed by atoms with E-state index in [1.165, 1.54) is 0 Å². The number of hydrogen-bond donors (Lipinski definition) is 3. The molecule has 0 spiro atoms. The molecule has 0 aliphatic carbocycles. The third kappa shape index (κ3) is 4.21. The molecule has 0 bridgehead atoms. The number of anilines is 3. The summed E-state index contributed by atoms with van der Waals surface area (Å²) in [5.74, 6) is -0.162. The van der Waals surface area contributed by atoms with Crippen LogP contribution >= 0.6 is 0 Å². The van der Waals surface area contributed by atoms with Crippen LogP contribution in [0.15, 0.2) is 29.1 Å². The van der Waals surface area contributed by atoms with Gasteiger partial charge in [0.2, 0.25) is 5.95 Å². The van der Waals surface area contributed by atoms with E-state index in [1.54, 1.807) is 12.1 Å². The van der Waals surface area contributed by atoms with E-state index >= 15 is 0 Å². The molecule has 1 unspecified atom stereocenters. The maximum Gasteiger partial charge on any atom is 0.338 e. The molecule has 3 rings (SSSR count). The van der Waals surface area contributed by atoms with Gasteiger partial charge in [-0.3, -0.25) is 9.78 Å². The Labute approximate surface area is 157 Å². The second kappa shape index (κ2) is 6.94. The van der Waals surface area contributed by atoms with Crippen LogP contribution in [0.3, 0.4) is 0 Å². The number of aromatic amines is 1. The van der Waals surface area contributed by atoms with Crippen LogP contribution in [0.25, 0.3) is 0 Å². The molecule has 1 saturated heterocycles. The molecule has 0 saturated carbocycles. The number of ether oxygens (including phenoxy) is 1. The molecule has 1 aliphatic heterocycles. The Hall–Kier alpha value is -3.03. The Morgan fingerprint density at radius 1 is 1.26 bits per heavy atom. The van der Waals surface area contributed by atoms with Crippen molar-refractivity contribution in [2.24, 2.45) is 0 Å². The zero-order valence-corrected chi connectivity index (χ0v) is 15.8. The predicted octanol–water partition coefficient (Wildman–Crippen LogP) is 1.88. The number of nitrogens with zero attached hydrogens (tertiary/aromatic N) is 2. The number of carbonyl (C=O) groups is 1. The Kier molecular flexibility index (Phi) is 4.82. The van der Waals surface area contributed by atoms with Crippen molar-refractivity contribution >= 4 is 23.4 Å². The van der Waals surface area contributed by atoms with Gasteiger partial charge in [0.1, 0.15) is 11.4 Å². The quantitative estimate of drug-likeness (QED) is 0.703. The topological polar surface area (TPSA) is 127 Å². The molecule has 8 nitrogen and oxygen atoms in total. The Balaban J connectivity index is 1.73. The summed E-state index contributed by atoms with van der Waals surface area (Å²) in [6, 6.07) is 7.28. The van der Waals surface area contributed by atoms with Gasteiger partial charge in [-0.25, -0.2) is 4.79 Å². The molecule has 27 heavy (non-hydrogen) atoms. The summed E-state index contributed by atoms with van der Waals surface area (Å²) in [5, 5.41) is 0. The van der Waals surface area contributed by atoms with Crippen molar-refractivity contribution in [1.82, 2.24) is 9.97 Å². The van der Waals surface area contributed by atoms with Crippen LogP contribution < -0.4 is 21.9 Å². The summed E-state index contributed by atoms with van der Waals surface area (Å²) >= 11 is 0. The highest BCUT2D eigenvalue weighted by atomic mass is 16.6. The van der Waals surface area contributed by atoms with Crippen molar-refractivity contribution in [3.63, 3.8) is 0 Å². The molecule has 1 atom stereocenters. The van der Waals surface area contributed by atoms with E-state index in [1.807, 2.05) is 32.9 Å². The van der Waals surface area contributed by atoms with E-state index in [2.05, 4.69) is 14.9 Å². The predicted molar refractivity (Wildman–Crippen MR) is 105 cm³/mol. The summed E-state index contributed by atoms with van der Waals surface area (Å²) in [6.07, 6.45) is 0.784. The van der Waals surface area contributed by atoms with Crippen molar-refractivity contribution in [2.45, 2.75) is 38.7 Å². The lowest BCUT2D eigenvalue weighted by molar-refractivity contribution is 0.00695.